The summed E-state index contributed by atoms with van der Waals surface area (Å²) in [4.78, 5) is 62.9. The summed E-state index contributed by atoms with van der Waals surface area (Å²) in [5.41, 5.74) is 3.31. The lowest BCUT2D eigenvalue weighted by molar-refractivity contribution is -0.138. The highest BCUT2D eigenvalue weighted by Gasteiger charge is 2.31. The third-order valence-corrected chi connectivity index (χ3v) is 7.76. The molecule has 44 heavy (non-hydrogen) atoms. The molecule has 1 atom stereocenters. The highest BCUT2D eigenvalue weighted by molar-refractivity contribution is 5.97. The number of benzene rings is 2. The van der Waals surface area contributed by atoms with Crippen molar-refractivity contribution >= 4 is 29.7 Å². The Morgan fingerprint density at radius 1 is 0.932 bits per heavy atom. The lowest BCUT2D eigenvalue weighted by Crippen LogP contribution is -2.56. The first-order valence-electron chi connectivity index (χ1n) is 14.8. The van der Waals surface area contributed by atoms with Crippen LogP contribution in [-0.2, 0) is 27.2 Å². The summed E-state index contributed by atoms with van der Waals surface area (Å²) in [6.07, 6.45) is 0.780. The largest absolute Gasteiger partial charge is 0.481 e. The normalized spacial score (nSPS) is 15.3. The van der Waals surface area contributed by atoms with Gasteiger partial charge in [-0.2, -0.15) is 0 Å². The van der Waals surface area contributed by atoms with Gasteiger partial charge in [0.25, 0.3) is 5.91 Å². The maximum absolute atomic E-state index is 13.6. The van der Waals surface area contributed by atoms with Crippen molar-refractivity contribution in [3.05, 3.63) is 77.5 Å². The minimum Gasteiger partial charge on any atom is -0.481 e. The number of anilines is 1. The van der Waals surface area contributed by atoms with Crippen LogP contribution in [0.25, 0.3) is 11.4 Å². The van der Waals surface area contributed by atoms with E-state index in [1.54, 1.807) is 13.0 Å². The number of carbonyl (C=O) groups excluding carboxylic acids is 3. The van der Waals surface area contributed by atoms with E-state index < -0.39 is 29.9 Å². The topological polar surface area (TPSA) is 154 Å². The zero-order chi connectivity index (χ0) is 31.1. The number of rotatable bonds is 10. The molecule has 1 unspecified atom stereocenters. The first-order chi connectivity index (χ1) is 21.3. The van der Waals surface area contributed by atoms with Crippen molar-refractivity contribution in [1.29, 1.82) is 0 Å². The molecule has 5 rings (SSSR count). The number of carboxylic acids is 1. The van der Waals surface area contributed by atoms with Gasteiger partial charge in [-0.15, -0.1) is 0 Å². The molecule has 3 amide bonds. The Labute approximate surface area is 255 Å². The van der Waals surface area contributed by atoms with Crippen LogP contribution in [0.2, 0.25) is 0 Å². The van der Waals surface area contributed by atoms with Gasteiger partial charge in [0.15, 0.2) is 5.82 Å². The van der Waals surface area contributed by atoms with Crippen LogP contribution in [0.4, 0.5) is 10.6 Å². The first-order valence-corrected chi connectivity index (χ1v) is 14.8. The summed E-state index contributed by atoms with van der Waals surface area (Å²) in [7, 11) is 0. The number of piperazine rings is 1. The molecule has 3 N–H and O–H groups in total. The highest BCUT2D eigenvalue weighted by Crippen LogP contribution is 2.25. The van der Waals surface area contributed by atoms with E-state index in [2.05, 4.69) is 27.8 Å². The lowest BCUT2D eigenvalue weighted by Gasteiger charge is -2.35. The Morgan fingerprint density at radius 2 is 1.57 bits per heavy atom. The standard InChI is InChI=1S/C32H36N6O6/c1-2-44-32(43)38-16-14-37(15-17-38)31(42)25(12-13-28(39)40)35-30(41)26-20-27(36-29(34-26)21-8-4-3-5-9-21)33-24-18-22-10-6-7-11-23(22)19-24/h3-11,20,24-25H,2,12-19H2,1H3,(H,35,41)(H,39,40)(H,33,34,36). The van der Waals surface area contributed by atoms with Crippen LogP contribution in [0, 0.1) is 0 Å². The molecule has 0 bridgehead atoms. The van der Waals surface area contributed by atoms with Crippen molar-refractivity contribution in [2.45, 2.75) is 44.7 Å². The molecule has 1 aromatic heterocycles. The second-order valence-corrected chi connectivity index (χ2v) is 10.8. The van der Waals surface area contributed by atoms with Crippen molar-refractivity contribution in [3.63, 3.8) is 0 Å². The molecule has 0 spiro atoms. The molecule has 2 aliphatic rings. The predicted molar refractivity (Wildman–Crippen MR) is 162 cm³/mol. The van der Waals surface area contributed by atoms with Crippen molar-refractivity contribution in [1.82, 2.24) is 25.1 Å². The number of amides is 3. The van der Waals surface area contributed by atoms with Crippen LogP contribution in [-0.4, -0.2) is 93.6 Å². The molecule has 1 fully saturated rings. The average Bonchev–Trinajstić information content (AvgIpc) is 3.45. The van der Waals surface area contributed by atoms with E-state index in [4.69, 9.17) is 9.72 Å². The SMILES string of the molecule is CCOC(=O)N1CCN(C(=O)C(CCC(=O)O)NC(=O)c2cc(NC3Cc4ccccc4C3)nc(-c3ccccc3)n2)CC1. The Balaban J connectivity index is 1.34. The van der Waals surface area contributed by atoms with E-state index >= 15 is 0 Å². The van der Waals surface area contributed by atoms with E-state index in [0.717, 1.165) is 18.4 Å². The van der Waals surface area contributed by atoms with Gasteiger partial charge in [0.1, 0.15) is 17.6 Å². The molecule has 12 heteroatoms. The lowest BCUT2D eigenvalue weighted by atomic mass is 10.1. The second kappa shape index (κ2) is 14.0. The molecule has 3 aromatic rings. The molecule has 0 radical (unpaired) electrons. The van der Waals surface area contributed by atoms with Crippen molar-refractivity contribution < 1.29 is 29.0 Å². The number of carbonyl (C=O) groups is 4. The number of nitrogens with zero attached hydrogens (tertiary/aromatic N) is 4. The number of carboxylic acid groups (broad SMARTS) is 1. The third-order valence-electron chi connectivity index (χ3n) is 7.76. The predicted octanol–water partition coefficient (Wildman–Crippen LogP) is 2.99. The van der Waals surface area contributed by atoms with E-state index in [0.29, 0.717) is 11.6 Å². The average molecular weight is 601 g/mol. The fourth-order valence-electron chi connectivity index (χ4n) is 5.53. The van der Waals surface area contributed by atoms with Crippen molar-refractivity contribution in [2.75, 3.05) is 38.1 Å². The van der Waals surface area contributed by atoms with Gasteiger partial charge in [0, 0.05) is 50.3 Å². The summed E-state index contributed by atoms with van der Waals surface area (Å²) < 4.78 is 5.04. The number of ether oxygens (including phenoxy) is 1. The number of aromatic nitrogens is 2. The summed E-state index contributed by atoms with van der Waals surface area (Å²) in [5, 5.41) is 15.5. The van der Waals surface area contributed by atoms with Gasteiger partial charge in [-0.1, -0.05) is 54.6 Å². The fraction of sp³-hybridized carbons (Fsp3) is 0.375. The molecule has 1 aliphatic heterocycles. The van der Waals surface area contributed by atoms with Gasteiger partial charge in [-0.25, -0.2) is 14.8 Å². The molecule has 1 saturated heterocycles. The minimum absolute atomic E-state index is 0.0529. The van der Waals surface area contributed by atoms with E-state index in [1.807, 2.05) is 42.5 Å². The molecule has 230 valence electrons. The summed E-state index contributed by atoms with van der Waals surface area (Å²) in [6, 6.07) is 18.1. The molecular weight excluding hydrogens is 564 g/mol. The number of nitrogens with one attached hydrogen (secondary N) is 2. The maximum Gasteiger partial charge on any atom is 0.409 e. The zero-order valence-corrected chi connectivity index (χ0v) is 24.6. The molecule has 0 saturated carbocycles. The van der Waals surface area contributed by atoms with E-state index in [1.165, 1.54) is 20.9 Å². The van der Waals surface area contributed by atoms with Crippen LogP contribution < -0.4 is 10.6 Å². The van der Waals surface area contributed by atoms with E-state index in [9.17, 15) is 24.3 Å². The Bertz CT molecular complexity index is 1480. The third kappa shape index (κ3) is 7.49. The van der Waals surface area contributed by atoms with Crippen LogP contribution >= 0.6 is 0 Å². The van der Waals surface area contributed by atoms with Gasteiger partial charge >= 0.3 is 12.1 Å². The van der Waals surface area contributed by atoms with Crippen LogP contribution in [0.15, 0.2) is 60.7 Å². The smallest absolute Gasteiger partial charge is 0.409 e. The minimum atomic E-state index is -1.09. The molecule has 2 aromatic carbocycles. The molecular formula is C32H36N6O6. The fourth-order valence-corrected chi connectivity index (χ4v) is 5.53. The van der Waals surface area contributed by atoms with Gasteiger partial charge in [-0.3, -0.25) is 14.4 Å². The molecule has 12 nitrogen and oxygen atoms in total. The highest BCUT2D eigenvalue weighted by atomic mass is 16.6. The van der Waals surface area contributed by atoms with Gasteiger partial charge in [0.2, 0.25) is 5.91 Å². The number of hydrogen-bond donors (Lipinski definition) is 3. The molecule has 2 heterocycles. The Hall–Kier alpha value is -5.00. The van der Waals surface area contributed by atoms with Crippen LogP contribution in [0.5, 0.6) is 0 Å². The Morgan fingerprint density at radius 3 is 2.20 bits per heavy atom. The maximum atomic E-state index is 13.6. The zero-order valence-electron chi connectivity index (χ0n) is 24.6. The second-order valence-electron chi connectivity index (χ2n) is 10.8. The number of fused-ring (bicyclic) bond motifs is 1. The van der Waals surface area contributed by atoms with Gasteiger partial charge in [0.05, 0.1) is 6.61 Å². The quantitative estimate of drug-likeness (QED) is 0.319. The Kier molecular flexibility index (Phi) is 9.68. The van der Waals surface area contributed by atoms with Crippen LogP contribution in [0.3, 0.4) is 0 Å². The number of hydrogen-bond acceptors (Lipinski definition) is 8. The summed E-state index contributed by atoms with van der Waals surface area (Å²) in [5.74, 6) is -1.29. The van der Waals surface area contributed by atoms with Gasteiger partial charge < -0.3 is 30.3 Å². The first kappa shape index (κ1) is 30.5. The monoisotopic (exact) mass is 600 g/mol. The van der Waals surface area contributed by atoms with E-state index in [-0.39, 0.29) is 57.4 Å². The van der Waals surface area contributed by atoms with Crippen LogP contribution in [0.1, 0.15) is 41.4 Å². The number of aliphatic carboxylic acids is 1. The molecule has 1 aliphatic carbocycles. The summed E-state index contributed by atoms with van der Waals surface area (Å²) >= 11 is 0. The van der Waals surface area contributed by atoms with Crippen molar-refractivity contribution in [3.8, 4) is 11.4 Å². The van der Waals surface area contributed by atoms with Crippen molar-refractivity contribution in [2.24, 2.45) is 0 Å². The van der Waals surface area contributed by atoms with Gasteiger partial charge in [-0.05, 0) is 37.3 Å². The summed E-state index contributed by atoms with van der Waals surface area (Å²) in [6.45, 7) is 3.00.